The van der Waals surface area contributed by atoms with Gasteiger partial charge in [-0.05, 0) is 61.0 Å². The van der Waals surface area contributed by atoms with E-state index < -0.39 is 15.9 Å². The van der Waals surface area contributed by atoms with E-state index in [-0.39, 0.29) is 15.9 Å². The number of anilines is 3. The third kappa shape index (κ3) is 5.48. The summed E-state index contributed by atoms with van der Waals surface area (Å²) in [4.78, 5) is 29.2. The largest absolute Gasteiger partial charge is 0.322 e. The highest BCUT2D eigenvalue weighted by molar-refractivity contribution is 7.93. The van der Waals surface area contributed by atoms with Crippen molar-refractivity contribution in [3.8, 4) is 0 Å². The third-order valence-corrected chi connectivity index (χ3v) is 7.03. The molecular weight excluding hydrogens is 472 g/mol. The minimum atomic E-state index is -3.78. The zero-order valence-electron chi connectivity index (χ0n) is 18.0. The van der Waals surface area contributed by atoms with Gasteiger partial charge in [-0.3, -0.25) is 14.3 Å². The predicted octanol–water partition coefficient (Wildman–Crippen LogP) is 4.76. The van der Waals surface area contributed by atoms with Crippen LogP contribution in [0.2, 0.25) is 0 Å². The van der Waals surface area contributed by atoms with E-state index in [1.165, 1.54) is 41.8 Å². The van der Waals surface area contributed by atoms with Crippen molar-refractivity contribution in [2.75, 3.05) is 15.4 Å². The molecule has 8 nitrogen and oxygen atoms in total. The second kappa shape index (κ2) is 9.86. The van der Waals surface area contributed by atoms with Crippen LogP contribution in [0.4, 0.5) is 16.5 Å². The standard InChI is InChI=1S/C24H20N4O4S2/c1-16-7-8-18(15-21(16)27-22(29)17-5-3-2-4-6-17)23(30)26-19-9-11-20(12-10-19)34(31,32)28-24-25-13-14-33-24/h2-15H,1H3,(H,25,28)(H,26,30)(H,27,29). The molecule has 0 aliphatic heterocycles. The molecule has 1 heterocycles. The van der Waals surface area contributed by atoms with Crippen LogP contribution in [0.3, 0.4) is 0 Å². The van der Waals surface area contributed by atoms with Crippen molar-refractivity contribution in [3.63, 3.8) is 0 Å². The highest BCUT2D eigenvalue weighted by atomic mass is 32.2. The number of hydrogen-bond acceptors (Lipinski definition) is 6. The summed E-state index contributed by atoms with van der Waals surface area (Å²) in [6.07, 6.45) is 1.50. The summed E-state index contributed by atoms with van der Waals surface area (Å²) >= 11 is 1.17. The molecule has 34 heavy (non-hydrogen) atoms. The Morgan fingerprint density at radius 1 is 0.853 bits per heavy atom. The summed E-state index contributed by atoms with van der Waals surface area (Å²) in [6, 6.07) is 19.6. The number of hydrogen-bond donors (Lipinski definition) is 3. The number of amides is 2. The first-order valence-electron chi connectivity index (χ1n) is 10.1. The third-order valence-electron chi connectivity index (χ3n) is 4.86. The molecule has 3 aromatic carbocycles. The van der Waals surface area contributed by atoms with Crippen molar-refractivity contribution in [1.29, 1.82) is 0 Å². The van der Waals surface area contributed by atoms with E-state index in [4.69, 9.17) is 0 Å². The van der Waals surface area contributed by atoms with Crippen LogP contribution in [0.25, 0.3) is 0 Å². The van der Waals surface area contributed by atoms with Crippen molar-refractivity contribution < 1.29 is 18.0 Å². The van der Waals surface area contributed by atoms with Gasteiger partial charge in [0.2, 0.25) is 0 Å². The monoisotopic (exact) mass is 492 g/mol. The second-order valence-electron chi connectivity index (χ2n) is 7.27. The van der Waals surface area contributed by atoms with E-state index in [1.807, 2.05) is 13.0 Å². The maximum absolute atomic E-state index is 12.8. The number of carbonyl (C=O) groups excluding carboxylic acids is 2. The van der Waals surface area contributed by atoms with Crippen LogP contribution in [0.5, 0.6) is 0 Å². The fourth-order valence-electron chi connectivity index (χ4n) is 3.05. The molecular formula is C24H20N4O4S2. The zero-order chi connectivity index (χ0) is 24.1. The molecule has 0 atom stereocenters. The molecule has 2 amide bonds. The Morgan fingerprint density at radius 2 is 1.56 bits per heavy atom. The molecule has 0 fully saturated rings. The number of rotatable bonds is 7. The van der Waals surface area contributed by atoms with E-state index in [1.54, 1.807) is 47.8 Å². The van der Waals surface area contributed by atoms with Gasteiger partial charge in [-0.1, -0.05) is 24.3 Å². The molecule has 0 aliphatic rings. The van der Waals surface area contributed by atoms with E-state index in [2.05, 4.69) is 20.3 Å². The van der Waals surface area contributed by atoms with Gasteiger partial charge in [0.25, 0.3) is 21.8 Å². The smallest absolute Gasteiger partial charge is 0.263 e. The molecule has 0 aliphatic carbocycles. The van der Waals surface area contributed by atoms with Crippen LogP contribution in [0, 0.1) is 6.92 Å². The summed E-state index contributed by atoms with van der Waals surface area (Å²) in [7, 11) is -3.78. The number of sulfonamides is 1. The maximum atomic E-state index is 12.8. The Labute approximate surface area is 200 Å². The summed E-state index contributed by atoms with van der Waals surface area (Å²) in [5, 5.41) is 7.50. The van der Waals surface area contributed by atoms with Crippen LogP contribution in [-0.2, 0) is 10.0 Å². The summed E-state index contributed by atoms with van der Waals surface area (Å²) in [6.45, 7) is 1.83. The normalized spacial score (nSPS) is 11.0. The topological polar surface area (TPSA) is 117 Å². The van der Waals surface area contributed by atoms with Crippen LogP contribution in [0.1, 0.15) is 26.3 Å². The Hall–Kier alpha value is -4.02. The van der Waals surface area contributed by atoms with Crippen LogP contribution in [0.15, 0.2) is 89.3 Å². The van der Waals surface area contributed by atoms with Gasteiger partial charge in [-0.15, -0.1) is 11.3 Å². The highest BCUT2D eigenvalue weighted by Crippen LogP contribution is 2.22. The lowest BCUT2D eigenvalue weighted by molar-refractivity contribution is 0.101. The molecule has 0 spiro atoms. The van der Waals surface area contributed by atoms with E-state index in [9.17, 15) is 18.0 Å². The van der Waals surface area contributed by atoms with E-state index in [0.29, 0.717) is 22.5 Å². The van der Waals surface area contributed by atoms with E-state index in [0.717, 1.165) is 5.56 Å². The van der Waals surface area contributed by atoms with Gasteiger partial charge in [0.15, 0.2) is 5.13 Å². The van der Waals surface area contributed by atoms with Gasteiger partial charge < -0.3 is 10.6 Å². The van der Waals surface area contributed by atoms with Crippen molar-refractivity contribution in [2.24, 2.45) is 0 Å². The first-order valence-corrected chi connectivity index (χ1v) is 12.5. The Bertz CT molecular complexity index is 1420. The number of carbonyl (C=O) groups is 2. The summed E-state index contributed by atoms with van der Waals surface area (Å²) in [5.41, 5.74) is 2.61. The Kier molecular flexibility index (Phi) is 6.71. The molecule has 1 aromatic heterocycles. The predicted molar refractivity (Wildman–Crippen MR) is 133 cm³/mol. The molecule has 172 valence electrons. The first kappa shape index (κ1) is 23.1. The van der Waals surface area contributed by atoms with Crippen molar-refractivity contribution in [3.05, 3.63) is 101 Å². The highest BCUT2D eigenvalue weighted by Gasteiger charge is 2.16. The average molecular weight is 493 g/mol. The average Bonchev–Trinajstić information content (AvgIpc) is 3.33. The van der Waals surface area contributed by atoms with Gasteiger partial charge in [0, 0.05) is 34.1 Å². The lowest BCUT2D eigenvalue weighted by atomic mass is 10.1. The number of benzene rings is 3. The van der Waals surface area contributed by atoms with Crippen molar-refractivity contribution in [2.45, 2.75) is 11.8 Å². The second-order valence-corrected chi connectivity index (χ2v) is 9.85. The SMILES string of the molecule is Cc1ccc(C(=O)Nc2ccc(S(=O)(=O)Nc3nccs3)cc2)cc1NC(=O)c1ccccc1. The number of nitrogens with zero attached hydrogens (tertiary/aromatic N) is 1. The molecule has 0 saturated carbocycles. The minimum absolute atomic E-state index is 0.0435. The van der Waals surface area contributed by atoms with Gasteiger partial charge in [0.05, 0.1) is 4.90 Å². The van der Waals surface area contributed by atoms with Crippen LogP contribution >= 0.6 is 11.3 Å². The fourth-order valence-corrected chi connectivity index (χ4v) is 4.84. The summed E-state index contributed by atoms with van der Waals surface area (Å²) in [5.74, 6) is -0.670. The van der Waals surface area contributed by atoms with Gasteiger partial charge in [-0.2, -0.15) is 0 Å². The zero-order valence-corrected chi connectivity index (χ0v) is 19.6. The minimum Gasteiger partial charge on any atom is -0.322 e. The molecule has 4 aromatic rings. The molecule has 0 saturated heterocycles. The lowest BCUT2D eigenvalue weighted by Crippen LogP contribution is -2.16. The van der Waals surface area contributed by atoms with Gasteiger partial charge in [-0.25, -0.2) is 13.4 Å². The quantitative estimate of drug-likeness (QED) is 0.344. The maximum Gasteiger partial charge on any atom is 0.263 e. The van der Waals surface area contributed by atoms with E-state index >= 15 is 0 Å². The molecule has 3 N–H and O–H groups in total. The lowest BCUT2D eigenvalue weighted by Gasteiger charge is -2.12. The number of thiazole rings is 1. The molecule has 0 radical (unpaired) electrons. The molecule has 4 rings (SSSR count). The number of aryl methyl sites for hydroxylation is 1. The molecule has 10 heteroatoms. The number of nitrogens with one attached hydrogen (secondary N) is 3. The van der Waals surface area contributed by atoms with Crippen molar-refractivity contribution in [1.82, 2.24) is 4.98 Å². The van der Waals surface area contributed by atoms with Gasteiger partial charge in [0.1, 0.15) is 0 Å². The molecule has 0 unspecified atom stereocenters. The first-order chi connectivity index (χ1) is 16.3. The Morgan fingerprint density at radius 3 is 2.24 bits per heavy atom. The van der Waals surface area contributed by atoms with Crippen LogP contribution < -0.4 is 15.4 Å². The Balaban J connectivity index is 1.45. The number of aromatic nitrogens is 1. The molecule has 0 bridgehead atoms. The van der Waals surface area contributed by atoms with Gasteiger partial charge >= 0.3 is 0 Å². The van der Waals surface area contributed by atoms with Crippen molar-refractivity contribution >= 4 is 49.7 Å². The summed E-state index contributed by atoms with van der Waals surface area (Å²) < 4.78 is 27.3. The fraction of sp³-hybridized carbons (Fsp3) is 0.0417. The van der Waals surface area contributed by atoms with Crippen LogP contribution in [-0.4, -0.2) is 25.2 Å².